The van der Waals surface area contributed by atoms with E-state index in [4.69, 9.17) is 10.7 Å². The summed E-state index contributed by atoms with van der Waals surface area (Å²) in [5, 5.41) is 4.18. The molecule has 7 nitrogen and oxygen atoms in total. The minimum Gasteiger partial charge on any atom is -0.383 e. The summed E-state index contributed by atoms with van der Waals surface area (Å²) in [6.45, 7) is 20.2. The number of nitrogens with zero attached hydrogens (tertiary/aromatic N) is 5. The molecule has 38 heavy (non-hydrogen) atoms. The Kier molecular flexibility index (Phi) is 8.29. The number of rotatable bonds is 6. The molecule has 0 unspecified atom stereocenters. The molecule has 0 aliphatic carbocycles. The highest BCUT2D eigenvalue weighted by Crippen LogP contribution is 2.41. The smallest absolute Gasteiger partial charge is 0.229 e. The molecule has 1 aliphatic heterocycles. The van der Waals surface area contributed by atoms with E-state index in [0.717, 1.165) is 48.4 Å². The standard InChI is InChI=1S/C30H43N7Si/c1-20(2)38(21(3)4,22(5)6)18-13-26-23(7)28(31)34-29-27(26)19-32-30(35-29)33-24-9-11-25(12-10-24)37-16-14-36(8)15-17-37/h9-12,19-22H,14-17H2,1-8H3,(H3,31,32,33,34,35). The average molecular weight is 530 g/mol. The second-order valence-electron chi connectivity index (χ2n) is 11.5. The van der Waals surface area contributed by atoms with Crippen molar-refractivity contribution < 1.29 is 0 Å². The molecule has 0 saturated carbocycles. The molecule has 0 radical (unpaired) electrons. The predicted octanol–water partition coefficient (Wildman–Crippen LogP) is 5.98. The van der Waals surface area contributed by atoms with Gasteiger partial charge in [0.15, 0.2) is 5.65 Å². The molecule has 202 valence electrons. The first kappa shape index (κ1) is 27.9. The van der Waals surface area contributed by atoms with Crippen molar-refractivity contribution >= 4 is 42.2 Å². The maximum Gasteiger partial charge on any atom is 0.229 e. The van der Waals surface area contributed by atoms with E-state index in [1.54, 1.807) is 0 Å². The number of anilines is 4. The molecule has 2 aromatic heterocycles. The molecule has 4 rings (SSSR count). The Bertz CT molecular complexity index is 1310. The lowest BCUT2D eigenvalue weighted by molar-refractivity contribution is 0.313. The van der Waals surface area contributed by atoms with Crippen LogP contribution < -0.4 is 16.0 Å². The van der Waals surface area contributed by atoms with E-state index in [1.165, 1.54) is 5.69 Å². The van der Waals surface area contributed by atoms with Gasteiger partial charge in [-0.25, -0.2) is 9.97 Å². The van der Waals surface area contributed by atoms with Crippen LogP contribution in [0.4, 0.5) is 23.1 Å². The summed E-state index contributed by atoms with van der Waals surface area (Å²) in [5.74, 6) is 4.54. The number of likely N-dealkylation sites (N-methyl/N-ethyl adjacent to an activating group) is 1. The number of hydrogen-bond donors (Lipinski definition) is 2. The van der Waals surface area contributed by atoms with Crippen LogP contribution in [-0.4, -0.2) is 61.2 Å². The monoisotopic (exact) mass is 529 g/mol. The summed E-state index contributed by atoms with van der Waals surface area (Å²) in [7, 11) is 0.270. The minimum atomic E-state index is -1.90. The van der Waals surface area contributed by atoms with Crippen LogP contribution in [-0.2, 0) is 0 Å². The first-order valence-corrected chi connectivity index (χ1v) is 16.0. The molecular weight excluding hydrogens is 486 g/mol. The lowest BCUT2D eigenvalue weighted by Crippen LogP contribution is -2.44. The average Bonchev–Trinajstić information content (AvgIpc) is 2.87. The van der Waals surface area contributed by atoms with E-state index in [9.17, 15) is 0 Å². The third-order valence-electron chi connectivity index (χ3n) is 8.29. The number of fused-ring (bicyclic) bond motifs is 1. The molecule has 3 heterocycles. The van der Waals surface area contributed by atoms with Gasteiger partial charge >= 0.3 is 0 Å². The van der Waals surface area contributed by atoms with Crippen LogP contribution in [0.3, 0.4) is 0 Å². The predicted molar refractivity (Wildman–Crippen MR) is 164 cm³/mol. The van der Waals surface area contributed by atoms with Crippen molar-refractivity contribution in [2.75, 3.05) is 49.2 Å². The number of piperazine rings is 1. The van der Waals surface area contributed by atoms with Crippen molar-refractivity contribution in [3.8, 4) is 11.5 Å². The van der Waals surface area contributed by atoms with Gasteiger partial charge in [-0.05, 0) is 54.9 Å². The van der Waals surface area contributed by atoms with E-state index in [2.05, 4.69) is 109 Å². The zero-order chi connectivity index (χ0) is 27.6. The van der Waals surface area contributed by atoms with Crippen LogP contribution in [0.5, 0.6) is 0 Å². The maximum atomic E-state index is 6.35. The second-order valence-corrected chi connectivity index (χ2v) is 17.1. The summed E-state index contributed by atoms with van der Waals surface area (Å²) < 4.78 is 0. The van der Waals surface area contributed by atoms with Crippen molar-refractivity contribution in [2.24, 2.45) is 0 Å². The molecule has 0 amide bonds. The van der Waals surface area contributed by atoms with Crippen LogP contribution in [0.2, 0.25) is 16.6 Å². The largest absolute Gasteiger partial charge is 0.383 e. The van der Waals surface area contributed by atoms with Gasteiger partial charge in [-0.2, -0.15) is 4.98 Å². The highest BCUT2D eigenvalue weighted by molar-refractivity contribution is 6.90. The molecule has 0 bridgehead atoms. The van der Waals surface area contributed by atoms with Gasteiger partial charge in [-0.1, -0.05) is 47.5 Å². The topological polar surface area (TPSA) is 83.2 Å². The van der Waals surface area contributed by atoms with Gasteiger partial charge in [0.1, 0.15) is 13.9 Å². The second kappa shape index (κ2) is 11.3. The first-order chi connectivity index (χ1) is 18.0. The van der Waals surface area contributed by atoms with Gasteiger partial charge in [0.2, 0.25) is 5.95 Å². The lowest BCUT2D eigenvalue weighted by Gasteiger charge is -2.38. The van der Waals surface area contributed by atoms with Gasteiger partial charge in [-0.3, -0.25) is 0 Å². The van der Waals surface area contributed by atoms with Crippen molar-refractivity contribution in [1.82, 2.24) is 19.9 Å². The summed E-state index contributed by atoms with van der Waals surface area (Å²) in [6, 6.07) is 8.44. The van der Waals surface area contributed by atoms with E-state index in [0.29, 0.717) is 34.0 Å². The number of benzene rings is 1. The molecule has 1 aromatic carbocycles. The van der Waals surface area contributed by atoms with Gasteiger partial charge in [0.25, 0.3) is 0 Å². The Morgan fingerprint density at radius 1 is 0.921 bits per heavy atom. The van der Waals surface area contributed by atoms with Gasteiger partial charge in [0, 0.05) is 54.9 Å². The Hall–Kier alpha value is -3.15. The molecule has 1 aliphatic rings. The highest BCUT2D eigenvalue weighted by Gasteiger charge is 2.41. The third kappa shape index (κ3) is 5.50. The summed E-state index contributed by atoms with van der Waals surface area (Å²) in [4.78, 5) is 18.7. The van der Waals surface area contributed by atoms with E-state index < -0.39 is 8.07 Å². The van der Waals surface area contributed by atoms with E-state index in [1.807, 2.05) is 13.1 Å². The Morgan fingerprint density at radius 2 is 1.53 bits per heavy atom. The molecule has 3 aromatic rings. The highest BCUT2D eigenvalue weighted by atomic mass is 28.3. The molecule has 1 saturated heterocycles. The maximum absolute atomic E-state index is 6.35. The van der Waals surface area contributed by atoms with Crippen molar-refractivity contribution in [3.63, 3.8) is 0 Å². The molecular formula is C30H43N7Si. The summed E-state index contributed by atoms with van der Waals surface area (Å²) in [6.07, 6.45) is 1.83. The fourth-order valence-electron chi connectivity index (χ4n) is 5.94. The van der Waals surface area contributed by atoms with Crippen LogP contribution in [0.15, 0.2) is 30.5 Å². The fraction of sp³-hybridized carbons (Fsp3) is 0.500. The van der Waals surface area contributed by atoms with Crippen molar-refractivity contribution in [3.05, 3.63) is 41.6 Å². The minimum absolute atomic E-state index is 0.467. The van der Waals surface area contributed by atoms with Crippen LogP contribution in [0, 0.1) is 18.4 Å². The van der Waals surface area contributed by atoms with Crippen LogP contribution in [0.1, 0.15) is 52.7 Å². The molecule has 0 spiro atoms. The normalized spacial score (nSPS) is 14.9. The zero-order valence-electron chi connectivity index (χ0n) is 24.3. The Balaban J connectivity index is 1.64. The molecule has 0 atom stereocenters. The van der Waals surface area contributed by atoms with Gasteiger partial charge in [0.05, 0.1) is 5.39 Å². The summed E-state index contributed by atoms with van der Waals surface area (Å²) in [5.41, 5.74) is 16.4. The fourth-order valence-corrected chi connectivity index (χ4v) is 11.1. The number of hydrogen-bond acceptors (Lipinski definition) is 7. The van der Waals surface area contributed by atoms with E-state index in [-0.39, 0.29) is 0 Å². The Labute approximate surface area is 229 Å². The molecule has 1 fully saturated rings. The first-order valence-electron chi connectivity index (χ1n) is 13.8. The quantitative estimate of drug-likeness (QED) is 0.300. The third-order valence-corrected chi connectivity index (χ3v) is 14.6. The van der Waals surface area contributed by atoms with Crippen molar-refractivity contribution in [1.29, 1.82) is 0 Å². The van der Waals surface area contributed by atoms with Crippen molar-refractivity contribution in [2.45, 2.75) is 65.1 Å². The molecule has 8 heteroatoms. The Morgan fingerprint density at radius 3 is 2.11 bits per heavy atom. The molecule has 3 N–H and O–H groups in total. The van der Waals surface area contributed by atoms with E-state index >= 15 is 0 Å². The summed E-state index contributed by atoms with van der Waals surface area (Å²) >= 11 is 0. The number of aromatic nitrogens is 3. The van der Waals surface area contributed by atoms with Crippen LogP contribution >= 0.6 is 0 Å². The van der Waals surface area contributed by atoms with Gasteiger partial charge < -0.3 is 20.9 Å². The number of nitrogen functional groups attached to an aromatic ring is 1. The lowest BCUT2D eigenvalue weighted by atomic mass is 10.1. The zero-order valence-corrected chi connectivity index (χ0v) is 25.3. The number of nitrogens with one attached hydrogen (secondary N) is 1. The van der Waals surface area contributed by atoms with Crippen LogP contribution in [0.25, 0.3) is 11.0 Å². The SMILES string of the molecule is Cc1c(N)nc2nc(Nc3ccc(N4CCN(C)CC4)cc3)ncc2c1C#C[Si](C(C)C)(C(C)C)C(C)C. The number of pyridine rings is 1. The number of nitrogens with two attached hydrogens (primary N) is 1. The van der Waals surface area contributed by atoms with Gasteiger partial charge in [-0.15, -0.1) is 5.54 Å².